The van der Waals surface area contributed by atoms with E-state index in [1.807, 2.05) is 0 Å². The zero-order valence-corrected chi connectivity index (χ0v) is 11.8. The Morgan fingerprint density at radius 3 is 2.53 bits per heavy atom. The Bertz CT molecular complexity index is 213. The maximum absolute atomic E-state index is 3.68. The fourth-order valence-electron chi connectivity index (χ4n) is 3.36. The lowest BCUT2D eigenvalue weighted by Crippen LogP contribution is -2.40. The Morgan fingerprint density at radius 1 is 1.06 bits per heavy atom. The molecule has 100 valence electrons. The normalized spacial score (nSPS) is 29.1. The third-order valence-electron chi connectivity index (χ3n) is 4.37. The molecule has 1 N–H and O–H groups in total. The highest BCUT2D eigenvalue weighted by Gasteiger charge is 2.30. The molecule has 0 aromatic heterocycles. The first-order chi connectivity index (χ1) is 8.33. The minimum Gasteiger partial charge on any atom is -0.314 e. The summed E-state index contributed by atoms with van der Waals surface area (Å²) in [6, 6.07) is 0.804. The zero-order valence-electron chi connectivity index (χ0n) is 11.8. The molecule has 2 nitrogen and oxygen atoms in total. The second-order valence-electron chi connectivity index (χ2n) is 6.06. The van der Waals surface area contributed by atoms with Gasteiger partial charge in [0.05, 0.1) is 0 Å². The van der Waals surface area contributed by atoms with Crippen LogP contribution in [-0.2, 0) is 0 Å². The molecule has 2 aliphatic carbocycles. The van der Waals surface area contributed by atoms with E-state index in [1.54, 1.807) is 0 Å². The van der Waals surface area contributed by atoms with E-state index in [-0.39, 0.29) is 0 Å². The van der Waals surface area contributed by atoms with E-state index in [9.17, 15) is 0 Å². The van der Waals surface area contributed by atoms with Gasteiger partial charge in [0.1, 0.15) is 0 Å². The van der Waals surface area contributed by atoms with Crippen LogP contribution in [0.15, 0.2) is 0 Å². The molecule has 0 aromatic carbocycles. The van der Waals surface area contributed by atoms with Crippen molar-refractivity contribution in [2.24, 2.45) is 11.8 Å². The van der Waals surface area contributed by atoms with Crippen molar-refractivity contribution in [3.8, 4) is 0 Å². The molecule has 0 amide bonds. The van der Waals surface area contributed by atoms with Gasteiger partial charge in [-0.2, -0.15) is 0 Å². The highest BCUT2D eigenvalue weighted by Crippen LogP contribution is 2.32. The quantitative estimate of drug-likeness (QED) is 0.699. The van der Waals surface area contributed by atoms with Gasteiger partial charge >= 0.3 is 0 Å². The van der Waals surface area contributed by atoms with Crippen LogP contribution in [0.25, 0.3) is 0 Å². The van der Waals surface area contributed by atoms with Crippen molar-refractivity contribution in [1.82, 2.24) is 10.2 Å². The van der Waals surface area contributed by atoms with Crippen molar-refractivity contribution in [2.45, 2.75) is 58.4 Å². The predicted molar refractivity (Wildman–Crippen MR) is 74.3 cm³/mol. The minimum absolute atomic E-state index is 0.804. The Hall–Kier alpha value is -0.0800. The van der Waals surface area contributed by atoms with Gasteiger partial charge in [0, 0.05) is 19.1 Å². The Labute approximate surface area is 107 Å². The van der Waals surface area contributed by atoms with Crippen LogP contribution in [0.5, 0.6) is 0 Å². The summed E-state index contributed by atoms with van der Waals surface area (Å²) in [5, 5.41) is 3.68. The molecule has 0 aliphatic heterocycles. The van der Waals surface area contributed by atoms with Gasteiger partial charge in [-0.3, -0.25) is 0 Å². The molecule has 0 radical (unpaired) electrons. The van der Waals surface area contributed by atoms with E-state index in [1.165, 1.54) is 58.2 Å². The molecule has 17 heavy (non-hydrogen) atoms. The van der Waals surface area contributed by atoms with E-state index in [2.05, 4.69) is 24.1 Å². The van der Waals surface area contributed by atoms with Gasteiger partial charge < -0.3 is 10.2 Å². The van der Waals surface area contributed by atoms with Gasteiger partial charge in [-0.25, -0.2) is 0 Å². The first-order valence-corrected chi connectivity index (χ1v) is 7.79. The average Bonchev–Trinajstić information content (AvgIpc) is 3.01. The van der Waals surface area contributed by atoms with E-state index in [0.29, 0.717) is 0 Å². The molecule has 2 heteroatoms. The monoisotopic (exact) mass is 238 g/mol. The lowest BCUT2D eigenvalue weighted by Gasteiger charge is -2.28. The number of hydrogen-bond acceptors (Lipinski definition) is 2. The average molecular weight is 238 g/mol. The van der Waals surface area contributed by atoms with Gasteiger partial charge in [-0.15, -0.1) is 0 Å². The summed E-state index contributed by atoms with van der Waals surface area (Å²) in [4.78, 5) is 2.75. The molecular weight excluding hydrogens is 208 g/mol. The summed E-state index contributed by atoms with van der Waals surface area (Å²) in [5.41, 5.74) is 0. The summed E-state index contributed by atoms with van der Waals surface area (Å²) < 4.78 is 0. The van der Waals surface area contributed by atoms with Crippen molar-refractivity contribution >= 4 is 0 Å². The first kappa shape index (κ1) is 13.4. The van der Waals surface area contributed by atoms with Crippen molar-refractivity contribution in [2.75, 3.05) is 26.2 Å². The van der Waals surface area contributed by atoms with Crippen molar-refractivity contribution < 1.29 is 0 Å². The van der Waals surface area contributed by atoms with Crippen LogP contribution < -0.4 is 5.32 Å². The lowest BCUT2D eigenvalue weighted by molar-refractivity contribution is 0.207. The third kappa shape index (κ3) is 4.26. The molecular formula is C15H30N2. The Morgan fingerprint density at radius 2 is 1.88 bits per heavy atom. The van der Waals surface area contributed by atoms with Crippen LogP contribution in [0.1, 0.15) is 52.4 Å². The number of rotatable bonds is 8. The molecule has 2 unspecified atom stereocenters. The Kier molecular flexibility index (Phi) is 5.30. The van der Waals surface area contributed by atoms with Gasteiger partial charge in [0.15, 0.2) is 0 Å². The smallest absolute Gasteiger partial charge is 0.0107 e. The summed E-state index contributed by atoms with van der Waals surface area (Å²) >= 11 is 0. The highest BCUT2D eigenvalue weighted by atomic mass is 15.1. The zero-order chi connectivity index (χ0) is 12.1. The topological polar surface area (TPSA) is 15.3 Å². The molecule has 0 saturated heterocycles. The minimum atomic E-state index is 0.804. The Balaban J connectivity index is 1.78. The third-order valence-corrected chi connectivity index (χ3v) is 4.37. The predicted octanol–water partition coefficient (Wildman–Crippen LogP) is 2.89. The van der Waals surface area contributed by atoms with E-state index >= 15 is 0 Å². The number of nitrogens with one attached hydrogen (secondary N) is 1. The summed E-state index contributed by atoms with van der Waals surface area (Å²) in [6.45, 7) is 9.73. The van der Waals surface area contributed by atoms with Gasteiger partial charge in [0.25, 0.3) is 0 Å². The van der Waals surface area contributed by atoms with Crippen molar-refractivity contribution in [1.29, 1.82) is 0 Å². The van der Waals surface area contributed by atoms with Crippen LogP contribution in [0, 0.1) is 11.8 Å². The fourth-order valence-corrected chi connectivity index (χ4v) is 3.36. The molecule has 0 heterocycles. The van der Waals surface area contributed by atoms with Gasteiger partial charge in [0.2, 0.25) is 0 Å². The molecule has 0 spiro atoms. The molecule has 2 rings (SSSR count). The SMILES string of the molecule is CCCN(CC1CC1)CC1CCCC1NCC. The van der Waals surface area contributed by atoms with Crippen LogP contribution in [-0.4, -0.2) is 37.1 Å². The number of nitrogens with zero attached hydrogens (tertiary/aromatic N) is 1. The van der Waals surface area contributed by atoms with Gasteiger partial charge in [-0.05, 0) is 57.0 Å². The summed E-state index contributed by atoms with van der Waals surface area (Å²) in [6.07, 6.45) is 8.57. The molecule has 2 atom stereocenters. The van der Waals surface area contributed by atoms with Crippen LogP contribution >= 0.6 is 0 Å². The molecule has 2 saturated carbocycles. The van der Waals surface area contributed by atoms with Crippen molar-refractivity contribution in [3.05, 3.63) is 0 Å². The maximum atomic E-state index is 3.68. The molecule has 0 bridgehead atoms. The fraction of sp³-hybridized carbons (Fsp3) is 1.00. The maximum Gasteiger partial charge on any atom is 0.0107 e. The molecule has 2 fully saturated rings. The second kappa shape index (κ2) is 6.75. The molecule has 2 aliphatic rings. The standard InChI is InChI=1S/C15H30N2/c1-3-10-17(11-13-8-9-13)12-14-6-5-7-15(14)16-4-2/h13-16H,3-12H2,1-2H3. The lowest BCUT2D eigenvalue weighted by atomic mass is 10.0. The van der Waals surface area contributed by atoms with Crippen LogP contribution in [0.4, 0.5) is 0 Å². The second-order valence-corrected chi connectivity index (χ2v) is 6.06. The largest absolute Gasteiger partial charge is 0.314 e. The van der Waals surface area contributed by atoms with Gasteiger partial charge in [-0.1, -0.05) is 20.3 Å². The van der Waals surface area contributed by atoms with E-state index in [4.69, 9.17) is 0 Å². The van der Waals surface area contributed by atoms with E-state index < -0.39 is 0 Å². The summed E-state index contributed by atoms with van der Waals surface area (Å²) in [5.74, 6) is 1.96. The number of hydrogen-bond donors (Lipinski definition) is 1. The highest BCUT2D eigenvalue weighted by molar-refractivity contribution is 4.86. The summed E-state index contributed by atoms with van der Waals surface area (Å²) in [7, 11) is 0. The molecule has 0 aromatic rings. The van der Waals surface area contributed by atoms with Crippen LogP contribution in [0.2, 0.25) is 0 Å². The van der Waals surface area contributed by atoms with Crippen LogP contribution in [0.3, 0.4) is 0 Å². The first-order valence-electron chi connectivity index (χ1n) is 7.79. The van der Waals surface area contributed by atoms with Crippen molar-refractivity contribution in [3.63, 3.8) is 0 Å². The van der Waals surface area contributed by atoms with E-state index in [0.717, 1.165) is 24.4 Å².